The van der Waals surface area contributed by atoms with E-state index in [4.69, 9.17) is 0 Å². The lowest BCUT2D eigenvalue weighted by Gasteiger charge is -2.35. The number of phenolic OH excluding ortho intramolecular Hbond substituents is 1. The molecule has 1 amide bonds. The van der Waals surface area contributed by atoms with Gasteiger partial charge in [0.1, 0.15) is 11.4 Å². The van der Waals surface area contributed by atoms with E-state index in [1.165, 1.54) is 11.3 Å². The van der Waals surface area contributed by atoms with Crippen LogP contribution in [-0.2, 0) is 0 Å². The minimum absolute atomic E-state index is 0.0107. The molecule has 1 aromatic carbocycles. The molecule has 2 aromatic rings. The molecule has 0 saturated carbocycles. The zero-order valence-electron chi connectivity index (χ0n) is 10.9. The Morgan fingerprint density at radius 3 is 2.45 bits per heavy atom. The Hall–Kier alpha value is -2.08. The van der Waals surface area contributed by atoms with Crippen LogP contribution in [0.4, 0.5) is 5.69 Å². The summed E-state index contributed by atoms with van der Waals surface area (Å²) < 4.78 is 0. The van der Waals surface area contributed by atoms with Gasteiger partial charge in [-0.05, 0) is 24.3 Å². The van der Waals surface area contributed by atoms with Gasteiger partial charge in [-0.25, -0.2) is 4.98 Å². The molecule has 1 aromatic heterocycles. The van der Waals surface area contributed by atoms with Crippen LogP contribution in [0.15, 0.2) is 35.2 Å². The van der Waals surface area contributed by atoms with Crippen molar-refractivity contribution in [1.29, 1.82) is 0 Å². The molecule has 20 heavy (non-hydrogen) atoms. The maximum Gasteiger partial charge on any atom is 0.273 e. The van der Waals surface area contributed by atoms with E-state index in [0.29, 0.717) is 18.8 Å². The third-order valence-electron chi connectivity index (χ3n) is 3.43. The van der Waals surface area contributed by atoms with Crippen molar-refractivity contribution < 1.29 is 9.90 Å². The van der Waals surface area contributed by atoms with Crippen LogP contribution in [0.2, 0.25) is 0 Å². The molecule has 1 aliphatic rings. The molecule has 0 unspecified atom stereocenters. The summed E-state index contributed by atoms with van der Waals surface area (Å²) in [4.78, 5) is 20.3. The summed E-state index contributed by atoms with van der Waals surface area (Å²) in [5.41, 5.74) is 3.29. The van der Waals surface area contributed by atoms with Crippen molar-refractivity contribution in [2.75, 3.05) is 31.1 Å². The van der Waals surface area contributed by atoms with Gasteiger partial charge in [0.15, 0.2) is 0 Å². The van der Waals surface area contributed by atoms with Crippen molar-refractivity contribution >= 4 is 22.9 Å². The number of benzene rings is 1. The Morgan fingerprint density at radius 2 is 1.85 bits per heavy atom. The van der Waals surface area contributed by atoms with Crippen LogP contribution in [0.25, 0.3) is 0 Å². The summed E-state index contributed by atoms with van der Waals surface area (Å²) in [5.74, 6) is 0.280. The first-order valence-corrected chi connectivity index (χ1v) is 7.40. The molecule has 0 atom stereocenters. The number of carbonyl (C=O) groups excluding carboxylic acids is 1. The number of aromatic hydroxyl groups is 1. The van der Waals surface area contributed by atoms with Crippen LogP contribution in [0.3, 0.4) is 0 Å². The van der Waals surface area contributed by atoms with Gasteiger partial charge in [0, 0.05) is 37.2 Å². The summed E-state index contributed by atoms with van der Waals surface area (Å²) in [5, 5.41) is 11.1. The quantitative estimate of drug-likeness (QED) is 0.916. The van der Waals surface area contributed by atoms with Crippen LogP contribution in [-0.4, -0.2) is 47.1 Å². The predicted molar refractivity (Wildman–Crippen MR) is 78.3 cm³/mol. The molecule has 0 radical (unpaired) electrons. The van der Waals surface area contributed by atoms with Gasteiger partial charge in [-0.1, -0.05) is 0 Å². The third-order valence-corrected chi connectivity index (χ3v) is 4.02. The van der Waals surface area contributed by atoms with E-state index < -0.39 is 0 Å². The molecule has 1 saturated heterocycles. The fraction of sp³-hybridized carbons (Fsp3) is 0.286. The van der Waals surface area contributed by atoms with Crippen molar-refractivity contribution in [2.24, 2.45) is 0 Å². The zero-order chi connectivity index (χ0) is 13.9. The van der Waals surface area contributed by atoms with Crippen molar-refractivity contribution in [3.63, 3.8) is 0 Å². The number of carbonyl (C=O) groups is 1. The van der Waals surface area contributed by atoms with E-state index in [2.05, 4.69) is 9.88 Å². The molecule has 1 N–H and O–H groups in total. The Kier molecular flexibility index (Phi) is 3.56. The monoisotopic (exact) mass is 289 g/mol. The van der Waals surface area contributed by atoms with Crippen LogP contribution in [0, 0.1) is 0 Å². The van der Waals surface area contributed by atoms with Gasteiger partial charge in [0.05, 0.1) is 5.51 Å². The second-order valence-electron chi connectivity index (χ2n) is 4.67. The van der Waals surface area contributed by atoms with Crippen LogP contribution < -0.4 is 4.90 Å². The standard InChI is InChI=1S/C14H15N3O2S/c18-12-3-1-11(2-4-12)16-5-7-17(8-6-16)14(19)13-9-20-10-15-13/h1-4,9-10,18H,5-8H2. The lowest BCUT2D eigenvalue weighted by molar-refractivity contribution is 0.0741. The van der Waals surface area contributed by atoms with E-state index in [0.717, 1.165) is 18.8 Å². The number of thiazole rings is 1. The minimum Gasteiger partial charge on any atom is -0.508 e. The maximum absolute atomic E-state index is 12.2. The first-order valence-electron chi connectivity index (χ1n) is 6.45. The Balaban J connectivity index is 1.62. The first-order chi connectivity index (χ1) is 9.74. The molecular weight excluding hydrogens is 274 g/mol. The second-order valence-corrected chi connectivity index (χ2v) is 5.39. The predicted octanol–water partition coefficient (Wildman–Crippen LogP) is 1.81. The van der Waals surface area contributed by atoms with Crippen molar-refractivity contribution in [1.82, 2.24) is 9.88 Å². The van der Waals surface area contributed by atoms with Crippen LogP contribution in [0.1, 0.15) is 10.5 Å². The lowest BCUT2D eigenvalue weighted by atomic mass is 10.2. The Bertz CT molecular complexity index is 575. The Morgan fingerprint density at radius 1 is 1.15 bits per heavy atom. The molecule has 5 nitrogen and oxygen atoms in total. The topological polar surface area (TPSA) is 56.7 Å². The molecule has 3 rings (SSSR count). The van der Waals surface area contributed by atoms with E-state index in [9.17, 15) is 9.90 Å². The van der Waals surface area contributed by atoms with Crippen molar-refractivity contribution in [3.8, 4) is 5.75 Å². The molecule has 1 fully saturated rings. The highest BCUT2D eigenvalue weighted by atomic mass is 32.1. The molecule has 1 aliphatic heterocycles. The fourth-order valence-corrected chi connectivity index (χ4v) is 2.84. The fourth-order valence-electron chi connectivity index (χ4n) is 2.31. The largest absolute Gasteiger partial charge is 0.508 e. The van der Waals surface area contributed by atoms with Crippen molar-refractivity contribution in [3.05, 3.63) is 40.8 Å². The number of piperazine rings is 1. The number of hydrogen-bond donors (Lipinski definition) is 1. The zero-order valence-corrected chi connectivity index (χ0v) is 11.7. The van der Waals surface area contributed by atoms with E-state index in [-0.39, 0.29) is 11.7 Å². The van der Waals surface area contributed by atoms with Gasteiger partial charge in [-0.3, -0.25) is 4.79 Å². The van der Waals surface area contributed by atoms with Gasteiger partial charge >= 0.3 is 0 Å². The lowest BCUT2D eigenvalue weighted by Crippen LogP contribution is -2.48. The molecular formula is C14H15N3O2S. The first kappa shape index (κ1) is 12.9. The Labute approximate surface area is 121 Å². The smallest absolute Gasteiger partial charge is 0.273 e. The molecule has 6 heteroatoms. The number of nitrogens with zero attached hydrogens (tertiary/aromatic N) is 3. The highest BCUT2D eigenvalue weighted by Gasteiger charge is 2.23. The number of amides is 1. The minimum atomic E-state index is 0.0107. The number of phenols is 1. The third kappa shape index (κ3) is 2.60. The summed E-state index contributed by atoms with van der Waals surface area (Å²) in [6.07, 6.45) is 0. The molecule has 0 aliphatic carbocycles. The van der Waals surface area contributed by atoms with Gasteiger partial charge in [-0.2, -0.15) is 0 Å². The maximum atomic E-state index is 12.2. The van der Waals surface area contributed by atoms with Gasteiger partial charge in [0.25, 0.3) is 5.91 Å². The van der Waals surface area contributed by atoms with Crippen molar-refractivity contribution in [2.45, 2.75) is 0 Å². The summed E-state index contributed by atoms with van der Waals surface area (Å²) in [6.45, 7) is 2.97. The molecule has 104 valence electrons. The highest BCUT2D eigenvalue weighted by Crippen LogP contribution is 2.20. The molecule has 0 bridgehead atoms. The summed E-state index contributed by atoms with van der Waals surface area (Å²) in [6, 6.07) is 7.16. The summed E-state index contributed by atoms with van der Waals surface area (Å²) in [7, 11) is 0. The average molecular weight is 289 g/mol. The van der Waals surface area contributed by atoms with E-state index >= 15 is 0 Å². The number of hydrogen-bond acceptors (Lipinski definition) is 5. The number of aromatic nitrogens is 1. The van der Waals surface area contributed by atoms with Crippen LogP contribution in [0.5, 0.6) is 5.75 Å². The van der Waals surface area contributed by atoms with Crippen LogP contribution >= 0.6 is 11.3 Å². The van der Waals surface area contributed by atoms with Gasteiger partial charge < -0.3 is 14.9 Å². The van der Waals surface area contributed by atoms with Gasteiger partial charge in [-0.15, -0.1) is 11.3 Å². The van der Waals surface area contributed by atoms with E-state index in [1.54, 1.807) is 23.0 Å². The van der Waals surface area contributed by atoms with E-state index in [1.807, 2.05) is 17.0 Å². The average Bonchev–Trinajstić information content (AvgIpc) is 3.02. The number of rotatable bonds is 2. The number of anilines is 1. The molecule has 0 spiro atoms. The highest BCUT2D eigenvalue weighted by molar-refractivity contribution is 7.07. The summed E-state index contributed by atoms with van der Waals surface area (Å²) >= 11 is 1.44. The normalized spacial score (nSPS) is 15.4. The second kappa shape index (κ2) is 5.50. The SMILES string of the molecule is O=C(c1cscn1)N1CCN(c2ccc(O)cc2)CC1. The van der Waals surface area contributed by atoms with Gasteiger partial charge in [0.2, 0.25) is 0 Å². The molecule has 2 heterocycles.